The molecular formula is C17H23N3O3. The van der Waals surface area contributed by atoms with Crippen LogP contribution in [0.15, 0.2) is 41.0 Å². The maximum Gasteiger partial charge on any atom is 0.315 e. The topological polar surface area (TPSA) is 87.4 Å². The van der Waals surface area contributed by atoms with Crippen LogP contribution in [0.5, 0.6) is 0 Å². The van der Waals surface area contributed by atoms with Gasteiger partial charge in [-0.25, -0.2) is 9.78 Å². The van der Waals surface area contributed by atoms with Crippen molar-refractivity contribution >= 4 is 6.03 Å². The fraction of sp³-hybridized carbons (Fsp3) is 0.412. The number of oxazole rings is 1. The predicted octanol–water partition coefficient (Wildman–Crippen LogP) is 2.55. The average molecular weight is 317 g/mol. The van der Waals surface area contributed by atoms with Gasteiger partial charge in [0.25, 0.3) is 0 Å². The Morgan fingerprint density at radius 2 is 2.00 bits per heavy atom. The Bertz CT molecular complexity index is 636. The summed E-state index contributed by atoms with van der Waals surface area (Å²) in [5.74, 6) is 0.567. The second-order valence-corrected chi connectivity index (χ2v) is 6.06. The van der Waals surface area contributed by atoms with Gasteiger partial charge in [0.1, 0.15) is 6.26 Å². The molecular weight excluding hydrogens is 294 g/mol. The third kappa shape index (κ3) is 4.82. The second kappa shape index (κ2) is 7.28. The van der Waals surface area contributed by atoms with Crippen LogP contribution >= 0.6 is 0 Å². The number of carbonyl (C=O) groups is 1. The van der Waals surface area contributed by atoms with E-state index in [1.54, 1.807) is 6.92 Å². The third-order valence-electron chi connectivity index (χ3n) is 3.85. The Hall–Kier alpha value is -2.34. The lowest BCUT2D eigenvalue weighted by atomic mass is 9.93. The maximum absolute atomic E-state index is 11.8. The van der Waals surface area contributed by atoms with Crippen LogP contribution in [0.3, 0.4) is 0 Å². The molecule has 0 bridgehead atoms. The molecule has 0 saturated heterocycles. The van der Waals surface area contributed by atoms with Gasteiger partial charge in [0.05, 0.1) is 17.8 Å². The van der Waals surface area contributed by atoms with Crippen molar-refractivity contribution in [2.45, 2.75) is 32.9 Å². The normalized spacial score (nSPS) is 13.6. The summed E-state index contributed by atoms with van der Waals surface area (Å²) in [6.45, 7) is 5.94. The highest BCUT2D eigenvalue weighted by Crippen LogP contribution is 2.17. The minimum atomic E-state index is -0.939. The number of amides is 2. The smallest absolute Gasteiger partial charge is 0.315 e. The molecule has 1 aromatic heterocycles. The van der Waals surface area contributed by atoms with Crippen LogP contribution in [0.2, 0.25) is 0 Å². The number of nitrogens with zero attached hydrogens (tertiary/aromatic N) is 1. The van der Waals surface area contributed by atoms with Gasteiger partial charge in [-0.05, 0) is 25.0 Å². The fourth-order valence-electron chi connectivity index (χ4n) is 1.80. The highest BCUT2D eigenvalue weighted by Gasteiger charge is 2.25. The van der Waals surface area contributed by atoms with Gasteiger partial charge < -0.3 is 20.2 Å². The molecule has 3 N–H and O–H groups in total. The zero-order chi connectivity index (χ0) is 16.9. The van der Waals surface area contributed by atoms with E-state index in [0.29, 0.717) is 11.6 Å². The zero-order valence-electron chi connectivity index (χ0n) is 13.7. The highest BCUT2D eigenvalue weighted by atomic mass is 16.3. The maximum atomic E-state index is 11.8. The van der Waals surface area contributed by atoms with E-state index in [1.165, 1.54) is 6.26 Å². The number of nitrogens with one attached hydrogen (secondary N) is 2. The number of hydrogen-bond donors (Lipinski definition) is 3. The first-order chi connectivity index (χ1) is 10.9. The van der Waals surface area contributed by atoms with E-state index in [1.807, 2.05) is 44.2 Å². The standard InChI is InChI=1S/C17H23N3O3/c1-12(2)17(3,22)11-19-16(21)18-9-14-10-23-15(20-14)13-7-5-4-6-8-13/h4-8,10,12,22H,9,11H2,1-3H3,(H2,18,19,21). The molecule has 0 saturated carbocycles. The molecule has 0 aliphatic heterocycles. The first-order valence-electron chi connectivity index (χ1n) is 7.62. The van der Waals surface area contributed by atoms with Crippen molar-refractivity contribution < 1.29 is 14.3 Å². The molecule has 124 valence electrons. The minimum absolute atomic E-state index is 0.0479. The molecule has 1 atom stereocenters. The molecule has 0 fully saturated rings. The van der Waals surface area contributed by atoms with Crippen LogP contribution in [0, 0.1) is 5.92 Å². The van der Waals surface area contributed by atoms with Crippen molar-refractivity contribution in [3.05, 3.63) is 42.3 Å². The molecule has 1 heterocycles. The Kier molecular flexibility index (Phi) is 5.39. The van der Waals surface area contributed by atoms with Gasteiger partial charge in [0, 0.05) is 12.1 Å². The Morgan fingerprint density at radius 3 is 2.65 bits per heavy atom. The molecule has 23 heavy (non-hydrogen) atoms. The van der Waals surface area contributed by atoms with Gasteiger partial charge in [-0.3, -0.25) is 0 Å². The molecule has 2 aromatic rings. The van der Waals surface area contributed by atoms with Crippen molar-refractivity contribution in [2.24, 2.45) is 5.92 Å². The number of aromatic nitrogens is 1. The Morgan fingerprint density at radius 1 is 1.30 bits per heavy atom. The summed E-state index contributed by atoms with van der Waals surface area (Å²) < 4.78 is 5.41. The van der Waals surface area contributed by atoms with Crippen molar-refractivity contribution in [3.8, 4) is 11.5 Å². The first kappa shape index (κ1) is 17.0. The van der Waals surface area contributed by atoms with Gasteiger partial charge in [-0.15, -0.1) is 0 Å². The fourth-order valence-corrected chi connectivity index (χ4v) is 1.80. The second-order valence-electron chi connectivity index (χ2n) is 6.06. The van der Waals surface area contributed by atoms with Gasteiger partial charge in [-0.1, -0.05) is 32.0 Å². The molecule has 1 unspecified atom stereocenters. The lowest BCUT2D eigenvalue weighted by molar-refractivity contribution is 0.0166. The van der Waals surface area contributed by atoms with E-state index in [-0.39, 0.29) is 25.0 Å². The van der Waals surface area contributed by atoms with Crippen LogP contribution in [0.25, 0.3) is 11.5 Å². The molecule has 1 aromatic carbocycles. The van der Waals surface area contributed by atoms with Gasteiger partial charge in [-0.2, -0.15) is 0 Å². The molecule has 6 heteroatoms. The van der Waals surface area contributed by atoms with Crippen LogP contribution in [-0.2, 0) is 6.54 Å². The molecule has 0 aliphatic rings. The van der Waals surface area contributed by atoms with Crippen LogP contribution in [0.4, 0.5) is 4.79 Å². The molecule has 0 radical (unpaired) electrons. The summed E-state index contributed by atoms with van der Waals surface area (Å²) in [5.41, 5.74) is 0.580. The summed E-state index contributed by atoms with van der Waals surface area (Å²) in [4.78, 5) is 16.1. The van der Waals surface area contributed by atoms with Gasteiger partial charge >= 0.3 is 6.03 Å². The molecule has 2 amide bonds. The Labute approximate surface area is 135 Å². The van der Waals surface area contributed by atoms with E-state index in [4.69, 9.17) is 4.42 Å². The van der Waals surface area contributed by atoms with Gasteiger partial charge in [0.2, 0.25) is 5.89 Å². The molecule has 2 rings (SSSR count). The molecule has 0 aliphatic carbocycles. The summed E-state index contributed by atoms with van der Waals surface area (Å²) in [5, 5.41) is 15.4. The number of carbonyl (C=O) groups excluding carboxylic acids is 1. The minimum Gasteiger partial charge on any atom is -0.444 e. The largest absolute Gasteiger partial charge is 0.444 e. The summed E-state index contributed by atoms with van der Waals surface area (Å²) in [7, 11) is 0. The van der Waals surface area contributed by atoms with E-state index < -0.39 is 5.60 Å². The number of rotatable bonds is 6. The SMILES string of the molecule is CC(C)C(C)(O)CNC(=O)NCc1coc(-c2ccccc2)n1. The highest BCUT2D eigenvalue weighted by molar-refractivity contribution is 5.73. The van der Waals surface area contributed by atoms with Crippen molar-refractivity contribution in [3.63, 3.8) is 0 Å². The lowest BCUT2D eigenvalue weighted by Gasteiger charge is -2.27. The van der Waals surface area contributed by atoms with E-state index in [9.17, 15) is 9.90 Å². The van der Waals surface area contributed by atoms with Crippen molar-refractivity contribution in [2.75, 3.05) is 6.54 Å². The summed E-state index contributed by atoms with van der Waals surface area (Å²) >= 11 is 0. The summed E-state index contributed by atoms with van der Waals surface area (Å²) in [6.07, 6.45) is 1.52. The van der Waals surface area contributed by atoms with Crippen molar-refractivity contribution in [1.82, 2.24) is 15.6 Å². The van der Waals surface area contributed by atoms with Crippen molar-refractivity contribution in [1.29, 1.82) is 0 Å². The average Bonchev–Trinajstić information content (AvgIpc) is 3.01. The monoisotopic (exact) mass is 317 g/mol. The molecule has 6 nitrogen and oxygen atoms in total. The number of urea groups is 1. The van der Waals surface area contributed by atoms with Crippen LogP contribution in [0.1, 0.15) is 26.5 Å². The van der Waals surface area contributed by atoms with Gasteiger partial charge in [0.15, 0.2) is 0 Å². The summed E-state index contributed by atoms with van der Waals surface area (Å²) in [6, 6.07) is 9.20. The van der Waals surface area contributed by atoms with Crippen LogP contribution < -0.4 is 10.6 Å². The predicted molar refractivity (Wildman–Crippen MR) is 87.6 cm³/mol. The van der Waals surface area contributed by atoms with E-state index in [2.05, 4.69) is 15.6 Å². The lowest BCUT2D eigenvalue weighted by Crippen LogP contribution is -2.47. The quantitative estimate of drug-likeness (QED) is 0.764. The van der Waals surface area contributed by atoms with Crippen LogP contribution in [-0.4, -0.2) is 28.3 Å². The third-order valence-corrected chi connectivity index (χ3v) is 3.85. The molecule has 0 spiro atoms. The Balaban J connectivity index is 1.82. The van der Waals surface area contributed by atoms with E-state index in [0.717, 1.165) is 5.56 Å². The number of hydrogen-bond acceptors (Lipinski definition) is 4. The van der Waals surface area contributed by atoms with E-state index >= 15 is 0 Å². The number of aliphatic hydroxyl groups is 1. The number of benzene rings is 1. The first-order valence-corrected chi connectivity index (χ1v) is 7.62. The zero-order valence-corrected chi connectivity index (χ0v) is 13.7.